The Morgan fingerprint density at radius 3 is 2.62 bits per heavy atom. The Morgan fingerprint density at radius 2 is 1.95 bits per heavy atom. The Kier molecular flexibility index (Phi) is 3.34. The number of hydrogen-bond acceptors (Lipinski definition) is 6. The first kappa shape index (κ1) is 13.6. The predicted molar refractivity (Wildman–Crippen MR) is 79.8 cm³/mol. The van der Waals surface area contributed by atoms with Gasteiger partial charge >= 0.3 is 0 Å². The molecule has 0 aliphatic carbocycles. The molecule has 3 rings (SSSR count). The van der Waals surface area contributed by atoms with Crippen LogP contribution in [0, 0.1) is 10.1 Å². The van der Waals surface area contributed by atoms with Gasteiger partial charge in [-0.25, -0.2) is 0 Å². The summed E-state index contributed by atoms with van der Waals surface area (Å²) in [6.45, 7) is 3.39. The number of benzene rings is 1. The number of likely N-dealkylation sites (N-methyl/N-ethyl adjacent to an activating group) is 1. The summed E-state index contributed by atoms with van der Waals surface area (Å²) in [5.74, 6) is -0.0356. The quantitative estimate of drug-likeness (QED) is 0.667. The first-order chi connectivity index (χ1) is 10.1. The van der Waals surface area contributed by atoms with Crippen LogP contribution in [0.4, 0.5) is 11.4 Å². The van der Waals surface area contributed by atoms with Crippen molar-refractivity contribution in [1.82, 2.24) is 9.88 Å². The molecule has 21 heavy (non-hydrogen) atoms. The molecule has 1 aliphatic heterocycles. The summed E-state index contributed by atoms with van der Waals surface area (Å²) in [6, 6.07) is 4.43. The molecular formula is C14H16N4O3. The number of aromatic nitrogens is 1. The SMILES string of the molecule is CN1CCN(c2ccnc3c(O)ccc([N+](=O)[O-])c23)CC1. The fourth-order valence-electron chi connectivity index (χ4n) is 2.68. The van der Waals surface area contributed by atoms with E-state index in [9.17, 15) is 15.2 Å². The summed E-state index contributed by atoms with van der Waals surface area (Å²) in [4.78, 5) is 19.3. The highest BCUT2D eigenvalue weighted by Crippen LogP contribution is 2.37. The number of hydrogen-bond donors (Lipinski definition) is 1. The first-order valence-corrected chi connectivity index (χ1v) is 6.76. The number of nitro benzene ring substituents is 1. The van der Waals surface area contributed by atoms with Crippen molar-refractivity contribution in [1.29, 1.82) is 0 Å². The van der Waals surface area contributed by atoms with Crippen molar-refractivity contribution in [2.24, 2.45) is 0 Å². The molecule has 1 fully saturated rings. The Labute approximate surface area is 121 Å². The molecule has 7 nitrogen and oxygen atoms in total. The number of phenols is 1. The third-order valence-electron chi connectivity index (χ3n) is 3.87. The van der Waals surface area contributed by atoms with Crippen LogP contribution in [0.5, 0.6) is 5.75 Å². The Hall–Kier alpha value is -2.41. The normalized spacial score (nSPS) is 16.3. The molecule has 1 saturated heterocycles. The molecule has 7 heteroatoms. The zero-order chi connectivity index (χ0) is 15.0. The number of fused-ring (bicyclic) bond motifs is 1. The van der Waals surface area contributed by atoms with E-state index < -0.39 is 4.92 Å². The van der Waals surface area contributed by atoms with Crippen LogP contribution in [0.15, 0.2) is 24.4 Å². The maximum Gasteiger partial charge on any atom is 0.281 e. The molecule has 0 bridgehead atoms. The Bertz CT molecular complexity index is 696. The van der Waals surface area contributed by atoms with Crippen LogP contribution in [0.1, 0.15) is 0 Å². The van der Waals surface area contributed by atoms with Crippen molar-refractivity contribution in [2.45, 2.75) is 0 Å². The second kappa shape index (κ2) is 5.17. The maximum atomic E-state index is 11.3. The lowest BCUT2D eigenvalue weighted by atomic mass is 10.1. The lowest BCUT2D eigenvalue weighted by Crippen LogP contribution is -2.44. The lowest BCUT2D eigenvalue weighted by Gasteiger charge is -2.34. The van der Waals surface area contributed by atoms with Gasteiger partial charge in [0.1, 0.15) is 16.7 Å². The van der Waals surface area contributed by atoms with Gasteiger partial charge in [0, 0.05) is 38.4 Å². The van der Waals surface area contributed by atoms with E-state index in [-0.39, 0.29) is 17.0 Å². The lowest BCUT2D eigenvalue weighted by molar-refractivity contribution is -0.383. The number of rotatable bonds is 2. The highest BCUT2D eigenvalue weighted by molar-refractivity contribution is 6.01. The standard InChI is InChI=1S/C14H16N4O3/c1-16-6-8-17(9-7-16)10-4-5-15-14-12(19)3-2-11(13(10)14)18(20)21/h2-5,19H,6-9H2,1H3. The largest absolute Gasteiger partial charge is 0.506 e. The molecule has 0 radical (unpaired) electrons. The van der Waals surface area contributed by atoms with Gasteiger partial charge < -0.3 is 14.9 Å². The summed E-state index contributed by atoms with van der Waals surface area (Å²) < 4.78 is 0. The molecule has 1 N–H and O–H groups in total. The number of nitro groups is 1. The molecule has 0 amide bonds. The maximum absolute atomic E-state index is 11.3. The van der Waals surface area contributed by atoms with Crippen molar-refractivity contribution in [3.63, 3.8) is 0 Å². The summed E-state index contributed by atoms with van der Waals surface area (Å²) in [6.07, 6.45) is 1.58. The Morgan fingerprint density at radius 1 is 1.24 bits per heavy atom. The highest BCUT2D eigenvalue weighted by Gasteiger charge is 2.23. The molecule has 0 saturated carbocycles. The van der Waals surface area contributed by atoms with E-state index in [1.807, 2.05) is 0 Å². The van der Waals surface area contributed by atoms with E-state index in [4.69, 9.17) is 0 Å². The highest BCUT2D eigenvalue weighted by atomic mass is 16.6. The van der Waals surface area contributed by atoms with E-state index >= 15 is 0 Å². The van der Waals surface area contributed by atoms with E-state index in [1.165, 1.54) is 12.1 Å². The number of pyridine rings is 1. The first-order valence-electron chi connectivity index (χ1n) is 6.76. The molecule has 2 aromatic rings. The number of nitrogens with zero attached hydrogens (tertiary/aromatic N) is 4. The van der Waals surface area contributed by atoms with Gasteiger partial charge in [-0.3, -0.25) is 15.1 Å². The summed E-state index contributed by atoms with van der Waals surface area (Å²) in [5.41, 5.74) is 1.01. The van der Waals surface area contributed by atoms with Gasteiger partial charge in [-0.15, -0.1) is 0 Å². The van der Waals surface area contributed by atoms with Crippen LogP contribution in [0.2, 0.25) is 0 Å². The second-order valence-corrected chi connectivity index (χ2v) is 5.20. The molecule has 1 aliphatic rings. The van der Waals surface area contributed by atoms with Gasteiger partial charge in [0.15, 0.2) is 0 Å². The molecule has 110 valence electrons. The monoisotopic (exact) mass is 288 g/mol. The summed E-state index contributed by atoms with van der Waals surface area (Å²) in [5, 5.41) is 21.6. The fraction of sp³-hybridized carbons (Fsp3) is 0.357. The third-order valence-corrected chi connectivity index (χ3v) is 3.87. The fourth-order valence-corrected chi connectivity index (χ4v) is 2.68. The van der Waals surface area contributed by atoms with Crippen LogP contribution in [-0.2, 0) is 0 Å². The minimum Gasteiger partial charge on any atom is -0.506 e. The van der Waals surface area contributed by atoms with Gasteiger partial charge in [0.25, 0.3) is 5.69 Å². The minimum absolute atomic E-state index is 0.0233. The van der Waals surface area contributed by atoms with Gasteiger partial charge in [-0.2, -0.15) is 0 Å². The van der Waals surface area contributed by atoms with Gasteiger partial charge in [0.05, 0.1) is 10.6 Å². The number of phenolic OH excluding ortho intramolecular Hbond substituents is 1. The zero-order valence-corrected chi connectivity index (χ0v) is 11.7. The van der Waals surface area contributed by atoms with E-state index in [0.717, 1.165) is 31.9 Å². The molecule has 1 aromatic heterocycles. The van der Waals surface area contributed by atoms with Crippen LogP contribution in [0.3, 0.4) is 0 Å². The molecule has 1 aromatic carbocycles. The van der Waals surface area contributed by atoms with Crippen molar-refractivity contribution >= 4 is 22.3 Å². The smallest absolute Gasteiger partial charge is 0.281 e. The number of aromatic hydroxyl groups is 1. The molecule has 0 atom stereocenters. The van der Waals surface area contributed by atoms with Crippen LogP contribution in [0.25, 0.3) is 10.9 Å². The van der Waals surface area contributed by atoms with Crippen LogP contribution in [-0.4, -0.2) is 53.1 Å². The van der Waals surface area contributed by atoms with E-state index in [1.54, 1.807) is 12.3 Å². The van der Waals surface area contributed by atoms with E-state index in [2.05, 4.69) is 21.8 Å². The number of piperazine rings is 1. The third kappa shape index (κ3) is 2.36. The summed E-state index contributed by atoms with van der Waals surface area (Å²) >= 11 is 0. The predicted octanol–water partition coefficient (Wildman–Crippen LogP) is 1.60. The van der Waals surface area contributed by atoms with Gasteiger partial charge in [-0.1, -0.05) is 0 Å². The van der Waals surface area contributed by atoms with Crippen LogP contribution < -0.4 is 4.90 Å². The molecule has 0 spiro atoms. The molecular weight excluding hydrogens is 272 g/mol. The topological polar surface area (TPSA) is 82.7 Å². The van der Waals surface area contributed by atoms with Gasteiger partial charge in [-0.05, 0) is 19.2 Å². The Balaban J connectivity index is 2.18. The van der Waals surface area contributed by atoms with Crippen molar-refractivity contribution in [3.05, 3.63) is 34.5 Å². The number of anilines is 1. The molecule has 2 heterocycles. The van der Waals surface area contributed by atoms with Crippen molar-refractivity contribution < 1.29 is 10.0 Å². The second-order valence-electron chi connectivity index (χ2n) is 5.20. The van der Waals surface area contributed by atoms with Crippen molar-refractivity contribution in [3.8, 4) is 5.75 Å². The number of non-ortho nitro benzene ring substituents is 1. The van der Waals surface area contributed by atoms with Gasteiger partial charge in [0.2, 0.25) is 0 Å². The summed E-state index contributed by atoms with van der Waals surface area (Å²) in [7, 11) is 2.05. The van der Waals surface area contributed by atoms with Crippen molar-refractivity contribution in [2.75, 3.05) is 38.1 Å². The average Bonchev–Trinajstić information content (AvgIpc) is 2.48. The van der Waals surface area contributed by atoms with Crippen LogP contribution >= 0.6 is 0 Å². The molecule has 0 unspecified atom stereocenters. The zero-order valence-electron chi connectivity index (χ0n) is 11.7. The minimum atomic E-state index is -0.428. The van der Waals surface area contributed by atoms with E-state index in [0.29, 0.717) is 5.39 Å². The average molecular weight is 288 g/mol.